The number of hydrogen-bond donors (Lipinski definition) is 1. The molecular weight excluding hydrogens is 166 g/mol. The number of carbonyl (C=O) groups excluding carboxylic acids is 1. The summed E-state index contributed by atoms with van der Waals surface area (Å²) in [6.07, 6.45) is 4.31. The summed E-state index contributed by atoms with van der Waals surface area (Å²) in [5, 5.41) is 3.28. The number of carbonyl (C=O) groups is 1. The molecule has 0 bridgehead atoms. The van der Waals surface area contributed by atoms with Crippen molar-refractivity contribution in [1.82, 2.24) is 5.32 Å². The SMILES string of the molecule is C=CC(=O)OCCCCNCCC. The Balaban J connectivity index is 2.99. The van der Waals surface area contributed by atoms with E-state index < -0.39 is 0 Å². The molecule has 0 aliphatic rings. The van der Waals surface area contributed by atoms with Crippen LogP contribution in [0.2, 0.25) is 0 Å². The minimum absolute atomic E-state index is 0.332. The first-order valence-electron chi connectivity index (χ1n) is 4.81. The molecule has 0 fully saturated rings. The van der Waals surface area contributed by atoms with E-state index in [1.165, 1.54) is 6.08 Å². The summed E-state index contributed by atoms with van der Waals surface area (Å²) in [5.41, 5.74) is 0. The van der Waals surface area contributed by atoms with E-state index in [4.69, 9.17) is 4.74 Å². The highest BCUT2D eigenvalue weighted by Gasteiger charge is 1.94. The van der Waals surface area contributed by atoms with Gasteiger partial charge in [-0.1, -0.05) is 13.5 Å². The molecule has 0 amide bonds. The van der Waals surface area contributed by atoms with E-state index in [-0.39, 0.29) is 5.97 Å². The molecule has 0 aromatic carbocycles. The standard InChI is InChI=1S/C10H19NO2/c1-3-7-11-8-5-6-9-13-10(12)4-2/h4,11H,2-3,5-9H2,1H3. The van der Waals surface area contributed by atoms with Crippen molar-refractivity contribution >= 4 is 5.97 Å². The highest BCUT2D eigenvalue weighted by Crippen LogP contribution is 1.89. The Hall–Kier alpha value is -0.830. The third kappa shape index (κ3) is 9.08. The van der Waals surface area contributed by atoms with Gasteiger partial charge >= 0.3 is 5.97 Å². The molecule has 0 atom stereocenters. The first-order chi connectivity index (χ1) is 6.31. The highest BCUT2D eigenvalue weighted by atomic mass is 16.5. The van der Waals surface area contributed by atoms with E-state index in [0.29, 0.717) is 6.61 Å². The Morgan fingerprint density at radius 2 is 2.23 bits per heavy atom. The van der Waals surface area contributed by atoms with Crippen molar-refractivity contribution in [2.75, 3.05) is 19.7 Å². The van der Waals surface area contributed by atoms with Gasteiger partial charge < -0.3 is 10.1 Å². The van der Waals surface area contributed by atoms with Gasteiger partial charge in [0.1, 0.15) is 0 Å². The van der Waals surface area contributed by atoms with Crippen LogP contribution in [0.5, 0.6) is 0 Å². The summed E-state index contributed by atoms with van der Waals surface area (Å²) in [6, 6.07) is 0. The third-order valence-corrected chi connectivity index (χ3v) is 1.59. The Kier molecular flexibility index (Phi) is 8.67. The van der Waals surface area contributed by atoms with Gasteiger partial charge in [0.05, 0.1) is 6.61 Å². The second-order valence-electron chi connectivity index (χ2n) is 2.83. The van der Waals surface area contributed by atoms with Gasteiger partial charge in [0, 0.05) is 6.08 Å². The van der Waals surface area contributed by atoms with Crippen molar-refractivity contribution in [3.63, 3.8) is 0 Å². The Morgan fingerprint density at radius 1 is 1.46 bits per heavy atom. The van der Waals surface area contributed by atoms with E-state index in [2.05, 4.69) is 18.8 Å². The zero-order valence-corrected chi connectivity index (χ0v) is 8.34. The van der Waals surface area contributed by atoms with Gasteiger partial charge in [-0.05, 0) is 32.4 Å². The predicted octanol–water partition coefficient (Wildman–Crippen LogP) is 1.50. The Labute approximate surface area is 80.2 Å². The lowest BCUT2D eigenvalue weighted by Gasteiger charge is -2.03. The zero-order valence-electron chi connectivity index (χ0n) is 8.34. The molecule has 0 aromatic heterocycles. The van der Waals surface area contributed by atoms with Gasteiger partial charge in [0.2, 0.25) is 0 Å². The van der Waals surface area contributed by atoms with Crippen molar-refractivity contribution < 1.29 is 9.53 Å². The molecule has 0 aliphatic carbocycles. The lowest BCUT2D eigenvalue weighted by atomic mass is 10.3. The molecule has 0 saturated carbocycles. The minimum Gasteiger partial charge on any atom is -0.463 e. The smallest absolute Gasteiger partial charge is 0.330 e. The summed E-state index contributed by atoms with van der Waals surface area (Å²) in [6.45, 7) is 8.01. The maximum atomic E-state index is 10.6. The van der Waals surface area contributed by atoms with Crippen LogP contribution in [0.25, 0.3) is 0 Å². The summed E-state index contributed by atoms with van der Waals surface area (Å²) in [5.74, 6) is -0.332. The average Bonchev–Trinajstić information content (AvgIpc) is 2.16. The van der Waals surface area contributed by atoms with Crippen molar-refractivity contribution in [3.8, 4) is 0 Å². The van der Waals surface area contributed by atoms with E-state index >= 15 is 0 Å². The molecule has 0 rings (SSSR count). The predicted molar refractivity (Wildman–Crippen MR) is 53.6 cm³/mol. The number of hydrogen-bond acceptors (Lipinski definition) is 3. The fourth-order valence-corrected chi connectivity index (χ4v) is 0.886. The van der Waals surface area contributed by atoms with E-state index in [1.54, 1.807) is 0 Å². The number of rotatable bonds is 8. The lowest BCUT2D eigenvalue weighted by molar-refractivity contribution is -0.137. The van der Waals surface area contributed by atoms with Crippen LogP contribution in [0.1, 0.15) is 26.2 Å². The Morgan fingerprint density at radius 3 is 2.85 bits per heavy atom. The van der Waals surface area contributed by atoms with Crippen molar-refractivity contribution in [2.24, 2.45) is 0 Å². The zero-order chi connectivity index (χ0) is 9.94. The highest BCUT2D eigenvalue weighted by molar-refractivity contribution is 5.81. The van der Waals surface area contributed by atoms with Gasteiger partial charge in [-0.15, -0.1) is 0 Å². The molecule has 0 saturated heterocycles. The molecule has 3 heteroatoms. The van der Waals surface area contributed by atoms with Crippen LogP contribution in [0.4, 0.5) is 0 Å². The average molecular weight is 185 g/mol. The van der Waals surface area contributed by atoms with E-state index in [1.807, 2.05) is 0 Å². The first-order valence-corrected chi connectivity index (χ1v) is 4.81. The molecule has 1 N–H and O–H groups in total. The van der Waals surface area contributed by atoms with E-state index in [9.17, 15) is 4.79 Å². The van der Waals surface area contributed by atoms with Crippen LogP contribution in [-0.2, 0) is 9.53 Å². The molecule has 76 valence electrons. The monoisotopic (exact) mass is 185 g/mol. The van der Waals surface area contributed by atoms with Crippen molar-refractivity contribution in [2.45, 2.75) is 26.2 Å². The van der Waals surface area contributed by atoms with Gasteiger partial charge in [-0.25, -0.2) is 4.79 Å². The van der Waals surface area contributed by atoms with Gasteiger partial charge in [0.25, 0.3) is 0 Å². The fourth-order valence-electron chi connectivity index (χ4n) is 0.886. The largest absolute Gasteiger partial charge is 0.463 e. The van der Waals surface area contributed by atoms with Crippen LogP contribution in [0.3, 0.4) is 0 Å². The minimum atomic E-state index is -0.332. The fraction of sp³-hybridized carbons (Fsp3) is 0.700. The number of nitrogens with one attached hydrogen (secondary N) is 1. The van der Waals surface area contributed by atoms with Crippen LogP contribution in [0, 0.1) is 0 Å². The number of ether oxygens (including phenoxy) is 1. The molecule has 0 spiro atoms. The molecule has 3 nitrogen and oxygen atoms in total. The van der Waals surface area contributed by atoms with Crippen LogP contribution >= 0.6 is 0 Å². The molecule has 0 aromatic rings. The third-order valence-electron chi connectivity index (χ3n) is 1.59. The summed E-state index contributed by atoms with van der Waals surface area (Å²) >= 11 is 0. The van der Waals surface area contributed by atoms with Crippen LogP contribution < -0.4 is 5.32 Å². The molecule has 0 radical (unpaired) electrons. The quantitative estimate of drug-likeness (QED) is 0.354. The normalized spacial score (nSPS) is 9.62. The summed E-state index contributed by atoms with van der Waals surface area (Å²) in [7, 11) is 0. The lowest BCUT2D eigenvalue weighted by Crippen LogP contribution is -2.16. The molecule has 0 aliphatic heterocycles. The van der Waals surface area contributed by atoms with Crippen molar-refractivity contribution in [3.05, 3.63) is 12.7 Å². The number of unbranched alkanes of at least 4 members (excludes halogenated alkanes) is 1. The maximum absolute atomic E-state index is 10.6. The second-order valence-corrected chi connectivity index (χ2v) is 2.83. The molecule has 0 unspecified atom stereocenters. The van der Waals surface area contributed by atoms with Crippen molar-refractivity contribution in [1.29, 1.82) is 0 Å². The molecule has 13 heavy (non-hydrogen) atoms. The van der Waals surface area contributed by atoms with Gasteiger partial charge in [0.15, 0.2) is 0 Å². The van der Waals surface area contributed by atoms with Crippen LogP contribution in [0.15, 0.2) is 12.7 Å². The van der Waals surface area contributed by atoms with Gasteiger partial charge in [-0.3, -0.25) is 0 Å². The number of esters is 1. The Bertz CT molecular complexity index is 146. The molecule has 0 heterocycles. The summed E-state index contributed by atoms with van der Waals surface area (Å²) < 4.78 is 4.81. The van der Waals surface area contributed by atoms with E-state index in [0.717, 1.165) is 32.4 Å². The molecular formula is C10H19NO2. The first kappa shape index (κ1) is 12.2. The maximum Gasteiger partial charge on any atom is 0.330 e. The van der Waals surface area contributed by atoms with Crippen LogP contribution in [-0.4, -0.2) is 25.7 Å². The topological polar surface area (TPSA) is 38.3 Å². The second kappa shape index (κ2) is 9.26. The summed E-state index contributed by atoms with van der Waals surface area (Å²) in [4.78, 5) is 10.6. The van der Waals surface area contributed by atoms with Gasteiger partial charge in [-0.2, -0.15) is 0 Å².